The largest absolute Gasteiger partial charge is 0.387 e. The SMILES string of the molecule is NC(=NOCc1cn2cc(Cl)ccc2n1)c1cc(Br)cs1. The number of aromatic nitrogens is 2. The van der Waals surface area contributed by atoms with Crippen molar-refractivity contribution in [1.82, 2.24) is 9.38 Å². The Balaban J connectivity index is 1.68. The molecule has 0 unspecified atom stereocenters. The average Bonchev–Trinajstić information content (AvgIpc) is 3.04. The van der Waals surface area contributed by atoms with Crippen molar-refractivity contribution in [2.75, 3.05) is 0 Å². The molecule has 3 aromatic rings. The van der Waals surface area contributed by atoms with E-state index in [1.54, 1.807) is 12.3 Å². The molecule has 0 aromatic carbocycles. The first kappa shape index (κ1) is 14.4. The molecular formula is C13H10BrClN4OS. The van der Waals surface area contributed by atoms with Gasteiger partial charge in [-0.15, -0.1) is 11.3 Å². The van der Waals surface area contributed by atoms with Crippen molar-refractivity contribution in [3.8, 4) is 0 Å². The Kier molecular flexibility index (Phi) is 4.14. The van der Waals surface area contributed by atoms with E-state index in [2.05, 4.69) is 26.1 Å². The minimum absolute atomic E-state index is 0.243. The summed E-state index contributed by atoms with van der Waals surface area (Å²) >= 11 is 10.8. The molecule has 0 atom stereocenters. The molecule has 21 heavy (non-hydrogen) atoms. The summed E-state index contributed by atoms with van der Waals surface area (Å²) in [6.07, 6.45) is 3.63. The molecule has 0 aliphatic heterocycles. The van der Waals surface area contributed by atoms with Crippen molar-refractivity contribution in [2.45, 2.75) is 6.61 Å². The highest BCUT2D eigenvalue weighted by Crippen LogP contribution is 2.19. The summed E-state index contributed by atoms with van der Waals surface area (Å²) in [5.41, 5.74) is 7.39. The third kappa shape index (κ3) is 3.37. The number of imidazole rings is 1. The van der Waals surface area contributed by atoms with Gasteiger partial charge in [-0.3, -0.25) is 0 Å². The van der Waals surface area contributed by atoms with E-state index in [0.717, 1.165) is 20.7 Å². The van der Waals surface area contributed by atoms with Crippen molar-refractivity contribution in [3.05, 3.63) is 56.0 Å². The first-order chi connectivity index (χ1) is 10.1. The number of pyridine rings is 1. The first-order valence-corrected chi connectivity index (χ1v) is 8.00. The molecule has 3 heterocycles. The molecule has 0 radical (unpaired) electrons. The van der Waals surface area contributed by atoms with Crippen LogP contribution in [0.4, 0.5) is 0 Å². The second-order valence-corrected chi connectivity index (χ2v) is 6.49. The highest BCUT2D eigenvalue weighted by molar-refractivity contribution is 9.10. The number of fused-ring (bicyclic) bond motifs is 1. The first-order valence-electron chi connectivity index (χ1n) is 5.95. The minimum atomic E-state index is 0.243. The van der Waals surface area contributed by atoms with E-state index in [9.17, 15) is 0 Å². The zero-order chi connectivity index (χ0) is 14.8. The zero-order valence-corrected chi connectivity index (χ0v) is 13.8. The third-order valence-corrected chi connectivity index (χ3v) is 4.60. The second kappa shape index (κ2) is 6.05. The molecule has 0 aliphatic rings. The van der Waals surface area contributed by atoms with Crippen molar-refractivity contribution >= 4 is 50.4 Å². The Hall–Kier alpha value is -1.57. The number of amidine groups is 1. The fraction of sp³-hybridized carbons (Fsp3) is 0.0769. The van der Waals surface area contributed by atoms with Crippen molar-refractivity contribution in [3.63, 3.8) is 0 Å². The number of nitrogens with two attached hydrogens (primary N) is 1. The van der Waals surface area contributed by atoms with Crippen LogP contribution in [0.1, 0.15) is 10.6 Å². The van der Waals surface area contributed by atoms with Crippen molar-refractivity contribution in [2.24, 2.45) is 10.9 Å². The van der Waals surface area contributed by atoms with E-state index >= 15 is 0 Å². The van der Waals surface area contributed by atoms with E-state index in [4.69, 9.17) is 22.2 Å². The van der Waals surface area contributed by atoms with Crippen LogP contribution in [-0.4, -0.2) is 15.2 Å². The lowest BCUT2D eigenvalue weighted by Gasteiger charge is -1.97. The van der Waals surface area contributed by atoms with Gasteiger partial charge in [-0.25, -0.2) is 4.98 Å². The third-order valence-electron chi connectivity index (χ3n) is 2.66. The summed E-state index contributed by atoms with van der Waals surface area (Å²) in [5, 5.41) is 6.48. The lowest BCUT2D eigenvalue weighted by molar-refractivity contribution is 0.128. The lowest BCUT2D eigenvalue weighted by atomic mass is 10.4. The number of oxime groups is 1. The standard InChI is InChI=1S/C13H10BrClN4OS/c14-8-3-11(21-7-8)13(16)18-20-6-10-5-19-4-9(15)1-2-12(19)17-10/h1-5,7H,6H2,(H2,16,18). The molecule has 3 rings (SSSR count). The predicted octanol–water partition coefficient (Wildman–Crippen LogP) is 3.65. The summed E-state index contributed by atoms with van der Waals surface area (Å²) in [6.45, 7) is 0.243. The van der Waals surface area contributed by atoms with Gasteiger partial charge in [-0.05, 0) is 34.1 Å². The smallest absolute Gasteiger partial charge is 0.180 e. The minimum Gasteiger partial charge on any atom is -0.387 e. The van der Waals surface area contributed by atoms with Gasteiger partial charge in [-0.1, -0.05) is 16.8 Å². The summed E-state index contributed by atoms with van der Waals surface area (Å²) in [7, 11) is 0. The molecule has 0 fully saturated rings. The number of hydrogen-bond acceptors (Lipinski definition) is 4. The van der Waals surface area contributed by atoms with Crippen LogP contribution >= 0.6 is 38.9 Å². The molecule has 2 N–H and O–H groups in total. The number of nitrogens with zero attached hydrogens (tertiary/aromatic N) is 3. The molecule has 0 bridgehead atoms. The van der Waals surface area contributed by atoms with Crippen LogP contribution in [0.15, 0.2) is 45.6 Å². The molecule has 0 aliphatic carbocycles. The van der Waals surface area contributed by atoms with Crippen molar-refractivity contribution in [1.29, 1.82) is 0 Å². The quantitative estimate of drug-likeness (QED) is 0.423. The van der Waals surface area contributed by atoms with Gasteiger partial charge in [-0.2, -0.15) is 0 Å². The molecule has 0 amide bonds. The molecular weight excluding hydrogens is 376 g/mol. The fourth-order valence-electron chi connectivity index (χ4n) is 1.75. The number of rotatable bonds is 4. The summed E-state index contributed by atoms with van der Waals surface area (Å²) in [4.78, 5) is 10.5. The topological polar surface area (TPSA) is 64.9 Å². The monoisotopic (exact) mass is 384 g/mol. The molecule has 0 saturated carbocycles. The zero-order valence-electron chi connectivity index (χ0n) is 10.7. The van der Waals surface area contributed by atoms with E-state index < -0.39 is 0 Å². The predicted molar refractivity (Wildman–Crippen MR) is 87.7 cm³/mol. The maximum atomic E-state index is 5.92. The summed E-state index contributed by atoms with van der Waals surface area (Å²) in [5.74, 6) is 0.345. The van der Waals surface area contributed by atoms with Crippen LogP contribution in [0.3, 0.4) is 0 Å². The molecule has 108 valence electrons. The maximum Gasteiger partial charge on any atom is 0.180 e. The average molecular weight is 386 g/mol. The van der Waals surface area contributed by atoms with E-state index in [0.29, 0.717) is 10.9 Å². The molecule has 5 nitrogen and oxygen atoms in total. The number of thiophene rings is 1. The van der Waals surface area contributed by atoms with Crippen LogP contribution in [0.5, 0.6) is 0 Å². The summed E-state index contributed by atoms with van der Waals surface area (Å²) < 4.78 is 2.81. The maximum absolute atomic E-state index is 5.92. The Morgan fingerprint density at radius 2 is 2.33 bits per heavy atom. The van der Waals surface area contributed by atoms with Gasteiger partial charge in [0, 0.05) is 22.2 Å². The molecule has 0 saturated heterocycles. The van der Waals surface area contributed by atoms with Crippen LogP contribution in [-0.2, 0) is 11.4 Å². The van der Waals surface area contributed by atoms with Gasteiger partial charge in [0.15, 0.2) is 12.4 Å². The second-order valence-electron chi connectivity index (χ2n) is 4.22. The number of halogens is 2. The Bertz CT molecular complexity index is 813. The van der Waals surface area contributed by atoms with Crippen LogP contribution < -0.4 is 5.73 Å². The van der Waals surface area contributed by atoms with Gasteiger partial charge >= 0.3 is 0 Å². The Morgan fingerprint density at radius 1 is 1.48 bits per heavy atom. The molecule has 8 heteroatoms. The van der Waals surface area contributed by atoms with Gasteiger partial charge in [0.1, 0.15) is 5.65 Å². The van der Waals surface area contributed by atoms with Crippen LogP contribution in [0, 0.1) is 0 Å². The number of hydrogen-bond donors (Lipinski definition) is 1. The van der Waals surface area contributed by atoms with Crippen molar-refractivity contribution < 1.29 is 4.84 Å². The molecule has 3 aromatic heterocycles. The highest BCUT2D eigenvalue weighted by Gasteiger charge is 2.05. The molecule has 0 spiro atoms. The van der Waals surface area contributed by atoms with E-state index in [-0.39, 0.29) is 6.61 Å². The summed E-state index contributed by atoms with van der Waals surface area (Å²) in [6, 6.07) is 5.52. The lowest BCUT2D eigenvalue weighted by Crippen LogP contribution is -2.12. The van der Waals surface area contributed by atoms with Gasteiger partial charge in [0.05, 0.1) is 15.6 Å². The van der Waals surface area contributed by atoms with Gasteiger partial charge < -0.3 is 15.0 Å². The van der Waals surface area contributed by atoms with Gasteiger partial charge in [0.2, 0.25) is 0 Å². The van der Waals surface area contributed by atoms with E-state index in [1.165, 1.54) is 11.3 Å². The Morgan fingerprint density at radius 3 is 3.10 bits per heavy atom. The van der Waals surface area contributed by atoms with Crippen LogP contribution in [0.25, 0.3) is 5.65 Å². The normalized spacial score (nSPS) is 12.0. The van der Waals surface area contributed by atoms with Gasteiger partial charge in [0.25, 0.3) is 0 Å². The fourth-order valence-corrected chi connectivity index (χ4v) is 3.24. The van der Waals surface area contributed by atoms with Crippen LogP contribution in [0.2, 0.25) is 5.02 Å². The highest BCUT2D eigenvalue weighted by atomic mass is 79.9. The van der Waals surface area contributed by atoms with E-state index in [1.807, 2.05) is 28.1 Å². The Labute approximate surface area is 138 Å².